The summed E-state index contributed by atoms with van der Waals surface area (Å²) >= 11 is 1.77. The Labute approximate surface area is 94.5 Å². The summed E-state index contributed by atoms with van der Waals surface area (Å²) in [5, 5.41) is 6.82. The Hall–Kier alpha value is -0.450. The first-order valence-electron chi connectivity index (χ1n) is 5.68. The van der Waals surface area contributed by atoms with Crippen molar-refractivity contribution < 1.29 is 0 Å². The van der Waals surface area contributed by atoms with E-state index >= 15 is 0 Å². The molecular weight excluding hydrogens is 206 g/mol. The van der Waals surface area contributed by atoms with Gasteiger partial charge in [-0.3, -0.25) is 4.90 Å². The van der Waals surface area contributed by atoms with Crippen molar-refractivity contribution in [1.82, 2.24) is 15.2 Å². The molecular formula is C11H17N3S. The van der Waals surface area contributed by atoms with Crippen LogP contribution in [0.2, 0.25) is 0 Å². The van der Waals surface area contributed by atoms with Gasteiger partial charge in [-0.05, 0) is 31.8 Å². The number of hydrogen-bond acceptors (Lipinski definition) is 4. The van der Waals surface area contributed by atoms with Gasteiger partial charge in [0.15, 0.2) is 0 Å². The van der Waals surface area contributed by atoms with Crippen LogP contribution < -0.4 is 5.32 Å². The molecule has 2 aliphatic heterocycles. The zero-order valence-corrected chi connectivity index (χ0v) is 9.83. The van der Waals surface area contributed by atoms with Crippen LogP contribution in [-0.2, 0) is 6.54 Å². The summed E-state index contributed by atoms with van der Waals surface area (Å²) in [5.74, 6) is 1.74. The predicted molar refractivity (Wildman–Crippen MR) is 61.8 cm³/mol. The SMILES string of the molecule is CC1C2CNCC2CN1Cc1nccs1. The third-order valence-electron chi connectivity index (χ3n) is 3.88. The minimum atomic E-state index is 0.717. The highest BCUT2D eigenvalue weighted by Crippen LogP contribution is 2.33. The second-order valence-corrected chi connectivity index (χ2v) is 5.66. The van der Waals surface area contributed by atoms with Crippen molar-refractivity contribution in [2.75, 3.05) is 19.6 Å². The number of fused-ring (bicyclic) bond motifs is 1. The Kier molecular flexibility index (Phi) is 2.50. The molecule has 4 heteroatoms. The van der Waals surface area contributed by atoms with E-state index in [4.69, 9.17) is 0 Å². The van der Waals surface area contributed by atoms with Crippen LogP contribution in [0.3, 0.4) is 0 Å². The van der Waals surface area contributed by atoms with E-state index in [1.807, 2.05) is 6.20 Å². The van der Waals surface area contributed by atoms with Gasteiger partial charge in [-0.1, -0.05) is 0 Å². The maximum atomic E-state index is 4.37. The van der Waals surface area contributed by atoms with Gasteiger partial charge in [0.1, 0.15) is 5.01 Å². The highest BCUT2D eigenvalue weighted by Gasteiger charge is 2.41. The normalized spacial score (nSPS) is 35.9. The molecule has 2 fully saturated rings. The standard InChI is InChI=1S/C11H17N3S/c1-8-10-5-12-4-9(10)6-14(8)7-11-13-2-3-15-11/h2-3,8-10,12H,4-7H2,1H3. The molecule has 3 nitrogen and oxygen atoms in total. The molecule has 0 aliphatic carbocycles. The first-order valence-corrected chi connectivity index (χ1v) is 6.55. The van der Waals surface area contributed by atoms with Crippen LogP contribution in [0.15, 0.2) is 11.6 Å². The predicted octanol–water partition coefficient (Wildman–Crippen LogP) is 1.18. The number of nitrogens with zero attached hydrogens (tertiary/aromatic N) is 2. The van der Waals surface area contributed by atoms with E-state index in [0.717, 1.165) is 18.4 Å². The summed E-state index contributed by atoms with van der Waals surface area (Å²) in [4.78, 5) is 6.96. The molecule has 2 aliphatic rings. The van der Waals surface area contributed by atoms with Crippen molar-refractivity contribution in [2.24, 2.45) is 11.8 Å². The quantitative estimate of drug-likeness (QED) is 0.816. The van der Waals surface area contributed by atoms with Crippen molar-refractivity contribution in [3.8, 4) is 0 Å². The molecule has 1 N–H and O–H groups in total. The Morgan fingerprint density at radius 2 is 2.53 bits per heavy atom. The zero-order valence-electron chi connectivity index (χ0n) is 9.02. The molecule has 2 saturated heterocycles. The van der Waals surface area contributed by atoms with E-state index in [-0.39, 0.29) is 0 Å². The average molecular weight is 223 g/mol. The third-order valence-corrected chi connectivity index (χ3v) is 4.64. The summed E-state index contributed by atoms with van der Waals surface area (Å²) in [6.07, 6.45) is 1.91. The summed E-state index contributed by atoms with van der Waals surface area (Å²) in [6, 6.07) is 0.717. The summed E-state index contributed by atoms with van der Waals surface area (Å²) < 4.78 is 0. The summed E-state index contributed by atoms with van der Waals surface area (Å²) in [7, 11) is 0. The first kappa shape index (κ1) is 9.75. The van der Waals surface area contributed by atoms with Crippen LogP contribution in [0.1, 0.15) is 11.9 Å². The largest absolute Gasteiger partial charge is 0.316 e. The second-order valence-electron chi connectivity index (χ2n) is 4.68. The molecule has 1 aromatic rings. The number of aromatic nitrogens is 1. The van der Waals surface area contributed by atoms with E-state index in [9.17, 15) is 0 Å². The highest BCUT2D eigenvalue weighted by atomic mass is 32.1. The van der Waals surface area contributed by atoms with Gasteiger partial charge < -0.3 is 5.32 Å². The molecule has 0 saturated carbocycles. The van der Waals surface area contributed by atoms with Crippen LogP contribution in [0, 0.1) is 11.8 Å². The average Bonchev–Trinajstić information content (AvgIpc) is 2.89. The fourth-order valence-corrected chi connectivity index (χ4v) is 3.61. The molecule has 0 bridgehead atoms. The van der Waals surface area contributed by atoms with Crippen molar-refractivity contribution >= 4 is 11.3 Å². The number of likely N-dealkylation sites (tertiary alicyclic amines) is 1. The monoisotopic (exact) mass is 223 g/mol. The van der Waals surface area contributed by atoms with Gasteiger partial charge in [0, 0.05) is 24.2 Å². The van der Waals surface area contributed by atoms with Crippen molar-refractivity contribution in [1.29, 1.82) is 0 Å². The lowest BCUT2D eigenvalue weighted by molar-refractivity contribution is 0.231. The van der Waals surface area contributed by atoms with Gasteiger partial charge >= 0.3 is 0 Å². The van der Waals surface area contributed by atoms with E-state index in [1.54, 1.807) is 11.3 Å². The van der Waals surface area contributed by atoms with Crippen LogP contribution in [0.5, 0.6) is 0 Å². The fourth-order valence-electron chi connectivity index (χ4n) is 2.97. The zero-order chi connectivity index (χ0) is 10.3. The van der Waals surface area contributed by atoms with E-state index in [1.165, 1.54) is 24.6 Å². The molecule has 3 unspecified atom stereocenters. The number of nitrogens with one attached hydrogen (secondary N) is 1. The lowest BCUT2D eigenvalue weighted by Crippen LogP contribution is -2.32. The lowest BCUT2D eigenvalue weighted by atomic mass is 9.95. The molecule has 82 valence electrons. The molecule has 15 heavy (non-hydrogen) atoms. The topological polar surface area (TPSA) is 28.2 Å². The molecule has 3 atom stereocenters. The van der Waals surface area contributed by atoms with Gasteiger partial charge in [0.25, 0.3) is 0 Å². The van der Waals surface area contributed by atoms with Gasteiger partial charge in [-0.2, -0.15) is 0 Å². The number of thiazole rings is 1. The molecule has 0 amide bonds. The van der Waals surface area contributed by atoms with E-state index < -0.39 is 0 Å². The van der Waals surface area contributed by atoms with Gasteiger partial charge in [-0.15, -0.1) is 11.3 Å². The maximum absolute atomic E-state index is 4.37. The van der Waals surface area contributed by atoms with E-state index in [2.05, 4.69) is 27.5 Å². The highest BCUT2D eigenvalue weighted by molar-refractivity contribution is 7.09. The van der Waals surface area contributed by atoms with E-state index in [0.29, 0.717) is 6.04 Å². The van der Waals surface area contributed by atoms with Crippen molar-refractivity contribution in [3.63, 3.8) is 0 Å². The number of rotatable bonds is 2. The molecule has 3 heterocycles. The Morgan fingerprint density at radius 3 is 3.27 bits per heavy atom. The summed E-state index contributed by atoms with van der Waals surface area (Å²) in [6.45, 7) is 7.08. The molecule has 0 radical (unpaired) electrons. The van der Waals surface area contributed by atoms with Crippen LogP contribution >= 0.6 is 11.3 Å². The molecule has 0 spiro atoms. The van der Waals surface area contributed by atoms with Crippen LogP contribution in [-0.4, -0.2) is 35.6 Å². The van der Waals surface area contributed by atoms with Gasteiger partial charge in [0.05, 0.1) is 6.54 Å². The van der Waals surface area contributed by atoms with Crippen LogP contribution in [0.25, 0.3) is 0 Å². The minimum Gasteiger partial charge on any atom is -0.316 e. The third kappa shape index (κ3) is 1.71. The minimum absolute atomic E-state index is 0.717. The molecule has 3 rings (SSSR count). The maximum Gasteiger partial charge on any atom is 0.107 e. The van der Waals surface area contributed by atoms with Gasteiger partial charge in [-0.25, -0.2) is 4.98 Å². The smallest absolute Gasteiger partial charge is 0.107 e. The molecule has 0 aromatic carbocycles. The van der Waals surface area contributed by atoms with Crippen molar-refractivity contribution in [3.05, 3.63) is 16.6 Å². The van der Waals surface area contributed by atoms with Gasteiger partial charge in [0.2, 0.25) is 0 Å². The Morgan fingerprint density at radius 1 is 1.60 bits per heavy atom. The second kappa shape index (κ2) is 3.85. The Balaban J connectivity index is 1.68. The fraction of sp³-hybridized carbons (Fsp3) is 0.727. The van der Waals surface area contributed by atoms with Crippen LogP contribution in [0.4, 0.5) is 0 Å². The number of hydrogen-bond donors (Lipinski definition) is 1. The summed E-state index contributed by atoms with van der Waals surface area (Å²) in [5.41, 5.74) is 0. The van der Waals surface area contributed by atoms with Crippen molar-refractivity contribution in [2.45, 2.75) is 19.5 Å². The lowest BCUT2D eigenvalue weighted by Gasteiger charge is -2.22. The molecule has 1 aromatic heterocycles. The first-order chi connectivity index (χ1) is 7.34. The Bertz CT molecular complexity index is 325.